The van der Waals surface area contributed by atoms with Gasteiger partial charge in [-0.15, -0.1) is 0 Å². The van der Waals surface area contributed by atoms with Crippen LogP contribution in [0, 0.1) is 6.57 Å². The first-order chi connectivity index (χ1) is 17.4. The molecule has 1 fully saturated rings. The number of likely N-dealkylation sites (tertiary alicyclic amines) is 1. The summed E-state index contributed by atoms with van der Waals surface area (Å²) in [4.78, 5) is 15.6. The molecule has 0 radical (unpaired) electrons. The number of para-hydroxylation sites is 1. The van der Waals surface area contributed by atoms with Crippen molar-refractivity contribution in [3.8, 4) is 11.6 Å². The monoisotopic (exact) mass is 497 g/mol. The Hall–Kier alpha value is -3.34. The van der Waals surface area contributed by atoms with Gasteiger partial charge < -0.3 is 10.1 Å². The van der Waals surface area contributed by atoms with E-state index in [1.54, 1.807) is 18.0 Å². The van der Waals surface area contributed by atoms with Gasteiger partial charge in [0.2, 0.25) is 5.88 Å². The van der Waals surface area contributed by atoms with Gasteiger partial charge in [0, 0.05) is 36.6 Å². The fourth-order valence-corrected chi connectivity index (χ4v) is 6.00. The Kier molecular flexibility index (Phi) is 6.99. The molecule has 5 rings (SSSR count). The van der Waals surface area contributed by atoms with Crippen molar-refractivity contribution in [1.29, 1.82) is 0 Å². The average molecular weight is 498 g/mol. The maximum Gasteiger partial charge on any atom is 0.243 e. The van der Waals surface area contributed by atoms with Crippen LogP contribution in [0.2, 0.25) is 0 Å². The second kappa shape index (κ2) is 10.3. The molecule has 1 saturated heterocycles. The number of piperidine rings is 1. The first kappa shape index (κ1) is 24.4. The summed E-state index contributed by atoms with van der Waals surface area (Å²) in [6.07, 6.45) is 2.78. The molecule has 0 amide bonds. The van der Waals surface area contributed by atoms with Gasteiger partial charge in [0.1, 0.15) is 11.4 Å². The number of rotatable bonds is 5. The molecule has 1 aromatic heterocycles. The van der Waals surface area contributed by atoms with Crippen molar-refractivity contribution in [2.45, 2.75) is 50.4 Å². The Bertz CT molecular complexity index is 1310. The molecule has 2 aromatic carbocycles. The van der Waals surface area contributed by atoms with Gasteiger partial charge in [-0.2, -0.15) is 0 Å². The topological polar surface area (TPSA) is 54.1 Å². The summed E-state index contributed by atoms with van der Waals surface area (Å²) in [5.41, 5.74) is 3.81. The van der Waals surface area contributed by atoms with E-state index in [0.717, 1.165) is 48.2 Å². The molecule has 3 aromatic rings. The van der Waals surface area contributed by atoms with Crippen LogP contribution in [0.1, 0.15) is 38.3 Å². The Labute approximate surface area is 217 Å². The summed E-state index contributed by atoms with van der Waals surface area (Å²) in [5, 5.41) is 4.83. The van der Waals surface area contributed by atoms with E-state index in [9.17, 15) is 0 Å². The SMILES string of the molecule is [C-]#[N+]c1cccc(CN2CCC3N=C(Nc4cccnc4Oc4ccccc4C(C)(C)C)SC3C2)c1. The smallest absolute Gasteiger partial charge is 0.243 e. The van der Waals surface area contributed by atoms with Crippen LogP contribution in [0.25, 0.3) is 4.85 Å². The highest BCUT2D eigenvalue weighted by atomic mass is 32.2. The molecule has 36 heavy (non-hydrogen) atoms. The minimum absolute atomic E-state index is 0.0385. The molecule has 7 heteroatoms. The minimum Gasteiger partial charge on any atom is -0.437 e. The fraction of sp³-hybridized carbons (Fsp3) is 0.345. The highest BCUT2D eigenvalue weighted by Crippen LogP contribution is 2.38. The highest BCUT2D eigenvalue weighted by molar-refractivity contribution is 8.15. The average Bonchev–Trinajstić information content (AvgIpc) is 3.26. The number of aliphatic imine (C=N–C) groups is 1. The zero-order valence-corrected chi connectivity index (χ0v) is 21.8. The molecular formula is C29H31N5OS. The Morgan fingerprint density at radius 2 is 2.00 bits per heavy atom. The number of amidine groups is 1. The molecule has 2 unspecified atom stereocenters. The normalized spacial score (nSPS) is 19.8. The quantitative estimate of drug-likeness (QED) is 0.390. The van der Waals surface area contributed by atoms with E-state index in [0.29, 0.717) is 22.9 Å². The third-order valence-electron chi connectivity index (χ3n) is 6.51. The molecule has 6 nitrogen and oxygen atoms in total. The predicted molar refractivity (Wildman–Crippen MR) is 148 cm³/mol. The van der Waals surface area contributed by atoms with E-state index in [-0.39, 0.29) is 5.41 Å². The van der Waals surface area contributed by atoms with Crippen LogP contribution in [0.3, 0.4) is 0 Å². The second-order valence-electron chi connectivity index (χ2n) is 10.3. The zero-order valence-electron chi connectivity index (χ0n) is 20.9. The first-order valence-corrected chi connectivity index (χ1v) is 13.2. The maximum atomic E-state index is 7.26. The summed E-state index contributed by atoms with van der Waals surface area (Å²) >= 11 is 1.80. The van der Waals surface area contributed by atoms with E-state index < -0.39 is 0 Å². The minimum atomic E-state index is -0.0385. The van der Waals surface area contributed by atoms with E-state index in [2.05, 4.69) is 52.9 Å². The Balaban J connectivity index is 1.25. The van der Waals surface area contributed by atoms with Gasteiger partial charge in [0.25, 0.3) is 0 Å². The fourth-order valence-electron chi connectivity index (χ4n) is 4.71. The summed E-state index contributed by atoms with van der Waals surface area (Å²) in [5.74, 6) is 1.37. The summed E-state index contributed by atoms with van der Waals surface area (Å²) in [6, 6.07) is 20.3. The van der Waals surface area contributed by atoms with Gasteiger partial charge in [-0.05, 0) is 35.6 Å². The van der Waals surface area contributed by atoms with Crippen molar-refractivity contribution in [3.05, 3.63) is 89.4 Å². The van der Waals surface area contributed by atoms with Crippen molar-refractivity contribution in [3.63, 3.8) is 0 Å². The number of hydrogen-bond donors (Lipinski definition) is 1. The van der Waals surface area contributed by atoms with Crippen molar-refractivity contribution in [2.75, 3.05) is 18.4 Å². The van der Waals surface area contributed by atoms with Gasteiger partial charge in [-0.25, -0.2) is 9.83 Å². The molecular weight excluding hydrogens is 466 g/mol. The molecule has 0 aliphatic carbocycles. The zero-order chi connectivity index (χ0) is 25.1. The number of fused-ring (bicyclic) bond motifs is 1. The number of thioether (sulfide) groups is 1. The van der Waals surface area contributed by atoms with Crippen LogP contribution in [0.15, 0.2) is 71.9 Å². The number of benzene rings is 2. The Morgan fingerprint density at radius 3 is 2.83 bits per heavy atom. The van der Waals surface area contributed by atoms with Crippen molar-refractivity contribution < 1.29 is 4.74 Å². The molecule has 3 heterocycles. The van der Waals surface area contributed by atoms with E-state index in [1.165, 1.54) is 5.56 Å². The number of aromatic nitrogens is 1. The molecule has 0 spiro atoms. The predicted octanol–water partition coefficient (Wildman–Crippen LogP) is 6.88. The van der Waals surface area contributed by atoms with Crippen molar-refractivity contribution in [2.24, 2.45) is 4.99 Å². The molecule has 2 aliphatic rings. The number of nitrogens with one attached hydrogen (secondary N) is 1. The molecule has 184 valence electrons. The van der Waals surface area contributed by atoms with Gasteiger partial charge in [-0.1, -0.05) is 75.0 Å². The van der Waals surface area contributed by atoms with Gasteiger partial charge in [0.15, 0.2) is 10.9 Å². The van der Waals surface area contributed by atoms with Gasteiger partial charge in [-0.3, -0.25) is 9.89 Å². The number of nitrogens with zero attached hydrogens (tertiary/aromatic N) is 4. The lowest BCUT2D eigenvalue weighted by Crippen LogP contribution is -2.42. The number of anilines is 1. The summed E-state index contributed by atoms with van der Waals surface area (Å²) in [6.45, 7) is 16.7. The van der Waals surface area contributed by atoms with Crippen molar-refractivity contribution in [1.82, 2.24) is 9.88 Å². The summed E-state index contributed by atoms with van der Waals surface area (Å²) in [7, 11) is 0. The third-order valence-corrected chi connectivity index (χ3v) is 7.71. The molecule has 2 aliphatic heterocycles. The largest absolute Gasteiger partial charge is 0.437 e. The van der Waals surface area contributed by atoms with E-state index >= 15 is 0 Å². The van der Waals surface area contributed by atoms with Crippen LogP contribution in [-0.2, 0) is 12.0 Å². The third kappa shape index (κ3) is 5.56. The van der Waals surface area contributed by atoms with Crippen LogP contribution >= 0.6 is 11.8 Å². The number of pyridine rings is 1. The molecule has 0 saturated carbocycles. The van der Waals surface area contributed by atoms with Crippen LogP contribution in [-0.4, -0.2) is 39.4 Å². The Morgan fingerprint density at radius 1 is 1.14 bits per heavy atom. The highest BCUT2D eigenvalue weighted by Gasteiger charge is 2.35. The van der Waals surface area contributed by atoms with Crippen LogP contribution in [0.5, 0.6) is 11.6 Å². The lowest BCUT2D eigenvalue weighted by molar-refractivity contribution is 0.214. The standard InChI is InChI=1S/C29H31N5OS/c1-29(2,3)22-11-5-6-13-25(22)35-27-24(12-8-15-31-27)33-28-32-23-14-16-34(19-26(23)36-28)18-20-9-7-10-21(17-20)30-4/h5-13,15,17,23,26H,14,16,18-19H2,1-3H3,(H,32,33). The molecule has 1 N–H and O–H groups in total. The van der Waals surface area contributed by atoms with Gasteiger partial charge in [0.05, 0.1) is 12.6 Å². The second-order valence-corrected chi connectivity index (χ2v) is 11.5. The summed E-state index contributed by atoms with van der Waals surface area (Å²) < 4.78 is 6.33. The van der Waals surface area contributed by atoms with Crippen molar-refractivity contribution >= 4 is 28.3 Å². The van der Waals surface area contributed by atoms with Crippen LogP contribution < -0.4 is 10.1 Å². The lowest BCUT2D eigenvalue weighted by Gasteiger charge is -2.33. The number of ether oxygens (including phenoxy) is 1. The molecule has 2 atom stereocenters. The lowest BCUT2D eigenvalue weighted by atomic mass is 9.86. The maximum absolute atomic E-state index is 7.26. The van der Waals surface area contributed by atoms with Crippen LogP contribution in [0.4, 0.5) is 11.4 Å². The number of hydrogen-bond acceptors (Lipinski definition) is 6. The van der Waals surface area contributed by atoms with E-state index in [1.807, 2.05) is 48.5 Å². The van der Waals surface area contributed by atoms with E-state index in [4.69, 9.17) is 16.3 Å². The first-order valence-electron chi connectivity index (χ1n) is 12.3. The molecule has 0 bridgehead atoms. The van der Waals surface area contributed by atoms with Gasteiger partial charge >= 0.3 is 0 Å².